The average molecular weight is 278 g/mol. The second kappa shape index (κ2) is 6.04. The third-order valence-electron chi connectivity index (χ3n) is 2.81. The molecular formula is C14H18N2O2S. The fourth-order valence-electron chi connectivity index (χ4n) is 1.92. The van der Waals surface area contributed by atoms with Gasteiger partial charge in [0.1, 0.15) is 0 Å². The lowest BCUT2D eigenvalue weighted by molar-refractivity contribution is 0.584. The first kappa shape index (κ1) is 13.8. The van der Waals surface area contributed by atoms with E-state index in [9.17, 15) is 8.42 Å². The van der Waals surface area contributed by atoms with E-state index in [1.807, 2.05) is 36.4 Å². The minimum atomic E-state index is -3.16. The van der Waals surface area contributed by atoms with Crippen molar-refractivity contribution in [3.8, 4) is 0 Å². The summed E-state index contributed by atoms with van der Waals surface area (Å²) in [5.41, 5.74) is 0.936. The first-order valence-corrected chi connectivity index (χ1v) is 7.96. The summed E-state index contributed by atoms with van der Waals surface area (Å²) in [4.78, 5) is 0. The molecule has 0 aromatic heterocycles. The Kier molecular flexibility index (Phi) is 4.39. The van der Waals surface area contributed by atoms with Crippen LogP contribution in [-0.4, -0.2) is 27.3 Å². The van der Waals surface area contributed by atoms with E-state index in [1.54, 1.807) is 6.92 Å². The quantitative estimate of drug-likeness (QED) is 0.851. The van der Waals surface area contributed by atoms with Gasteiger partial charge in [0.05, 0.1) is 5.75 Å². The van der Waals surface area contributed by atoms with Crippen LogP contribution in [0.1, 0.15) is 6.92 Å². The van der Waals surface area contributed by atoms with E-state index < -0.39 is 10.0 Å². The summed E-state index contributed by atoms with van der Waals surface area (Å²) >= 11 is 0. The maximum Gasteiger partial charge on any atom is 0.213 e. The minimum absolute atomic E-state index is 0.0771. The number of nitrogens with one attached hydrogen (secondary N) is 2. The lowest BCUT2D eigenvalue weighted by atomic mass is 10.1. The summed E-state index contributed by atoms with van der Waals surface area (Å²) in [5, 5.41) is 5.45. The van der Waals surface area contributed by atoms with Crippen molar-refractivity contribution in [2.45, 2.75) is 6.92 Å². The molecule has 0 unspecified atom stereocenters. The Morgan fingerprint density at radius 3 is 2.53 bits per heavy atom. The number of hydrogen-bond donors (Lipinski definition) is 2. The van der Waals surface area contributed by atoms with E-state index in [1.165, 1.54) is 5.39 Å². The molecule has 0 saturated heterocycles. The van der Waals surface area contributed by atoms with Crippen LogP contribution in [0.4, 0.5) is 5.69 Å². The van der Waals surface area contributed by atoms with Crippen LogP contribution in [0.2, 0.25) is 0 Å². The van der Waals surface area contributed by atoms with E-state index in [0.29, 0.717) is 13.1 Å². The highest BCUT2D eigenvalue weighted by Gasteiger charge is 2.07. The number of rotatable bonds is 6. The molecular weight excluding hydrogens is 260 g/mol. The lowest BCUT2D eigenvalue weighted by Crippen LogP contribution is -2.29. The summed E-state index contributed by atoms with van der Waals surface area (Å²) in [5.74, 6) is 0.0771. The summed E-state index contributed by atoms with van der Waals surface area (Å²) in [6.07, 6.45) is 0. The molecule has 0 atom stereocenters. The molecule has 0 aliphatic heterocycles. The SMILES string of the molecule is CCNS(=O)(=O)CCNc1ccc2ccccc2c1. The maximum atomic E-state index is 11.5. The van der Waals surface area contributed by atoms with Crippen LogP contribution in [0.15, 0.2) is 42.5 Å². The van der Waals surface area contributed by atoms with Gasteiger partial charge in [-0.05, 0) is 22.9 Å². The Balaban J connectivity index is 1.98. The number of anilines is 1. The van der Waals surface area contributed by atoms with E-state index >= 15 is 0 Å². The normalized spacial score (nSPS) is 11.6. The molecule has 0 bridgehead atoms. The molecule has 0 aliphatic rings. The molecule has 2 aromatic rings. The fourth-order valence-corrected chi connectivity index (χ4v) is 2.88. The van der Waals surface area contributed by atoms with Crippen LogP contribution in [0.25, 0.3) is 10.8 Å². The van der Waals surface area contributed by atoms with Gasteiger partial charge in [-0.1, -0.05) is 37.3 Å². The molecule has 4 nitrogen and oxygen atoms in total. The number of sulfonamides is 1. The highest BCUT2D eigenvalue weighted by molar-refractivity contribution is 7.89. The van der Waals surface area contributed by atoms with Crippen LogP contribution >= 0.6 is 0 Å². The van der Waals surface area contributed by atoms with Crippen molar-refractivity contribution >= 4 is 26.5 Å². The highest BCUT2D eigenvalue weighted by atomic mass is 32.2. The fraction of sp³-hybridized carbons (Fsp3) is 0.286. The maximum absolute atomic E-state index is 11.5. The van der Waals surface area contributed by atoms with Gasteiger partial charge in [-0.15, -0.1) is 0 Å². The first-order valence-electron chi connectivity index (χ1n) is 6.31. The van der Waals surface area contributed by atoms with E-state index in [0.717, 1.165) is 11.1 Å². The monoisotopic (exact) mass is 278 g/mol. The van der Waals surface area contributed by atoms with E-state index in [2.05, 4.69) is 16.1 Å². The van der Waals surface area contributed by atoms with E-state index in [-0.39, 0.29) is 5.75 Å². The molecule has 0 amide bonds. The van der Waals surface area contributed by atoms with Gasteiger partial charge in [0, 0.05) is 18.8 Å². The Morgan fingerprint density at radius 1 is 1.05 bits per heavy atom. The van der Waals surface area contributed by atoms with Crippen molar-refractivity contribution < 1.29 is 8.42 Å². The lowest BCUT2D eigenvalue weighted by Gasteiger charge is -2.08. The van der Waals surface area contributed by atoms with Crippen molar-refractivity contribution in [2.75, 3.05) is 24.2 Å². The number of hydrogen-bond acceptors (Lipinski definition) is 3. The van der Waals surface area contributed by atoms with Crippen LogP contribution in [0.5, 0.6) is 0 Å². The zero-order valence-electron chi connectivity index (χ0n) is 10.9. The Bertz CT molecular complexity index is 653. The molecule has 5 heteroatoms. The van der Waals surface area contributed by atoms with Crippen LogP contribution in [0, 0.1) is 0 Å². The molecule has 0 aliphatic carbocycles. The van der Waals surface area contributed by atoms with Crippen molar-refractivity contribution in [2.24, 2.45) is 0 Å². The number of fused-ring (bicyclic) bond motifs is 1. The topological polar surface area (TPSA) is 58.2 Å². The average Bonchev–Trinajstić information content (AvgIpc) is 2.38. The highest BCUT2D eigenvalue weighted by Crippen LogP contribution is 2.18. The van der Waals surface area contributed by atoms with Crippen LogP contribution < -0.4 is 10.0 Å². The minimum Gasteiger partial charge on any atom is -0.384 e. The Morgan fingerprint density at radius 2 is 1.79 bits per heavy atom. The van der Waals surface area contributed by atoms with Crippen molar-refractivity contribution in [3.05, 3.63) is 42.5 Å². The molecule has 2 aromatic carbocycles. The zero-order valence-corrected chi connectivity index (χ0v) is 11.7. The van der Waals surface area contributed by atoms with Gasteiger partial charge in [-0.3, -0.25) is 0 Å². The van der Waals surface area contributed by atoms with Gasteiger partial charge in [0.2, 0.25) is 10.0 Å². The van der Waals surface area contributed by atoms with Gasteiger partial charge >= 0.3 is 0 Å². The molecule has 0 radical (unpaired) electrons. The van der Waals surface area contributed by atoms with Gasteiger partial charge in [0.25, 0.3) is 0 Å². The summed E-state index contributed by atoms with van der Waals surface area (Å²) in [6, 6.07) is 14.1. The van der Waals surface area contributed by atoms with Gasteiger partial charge in [-0.2, -0.15) is 0 Å². The third-order valence-corrected chi connectivity index (χ3v) is 4.28. The molecule has 0 heterocycles. The molecule has 102 valence electrons. The molecule has 2 rings (SSSR count). The summed E-state index contributed by atoms with van der Waals surface area (Å²) in [7, 11) is -3.16. The second-order valence-corrected chi connectivity index (χ2v) is 6.23. The molecule has 0 saturated carbocycles. The predicted molar refractivity (Wildman–Crippen MR) is 79.9 cm³/mol. The van der Waals surface area contributed by atoms with Gasteiger partial charge in [0.15, 0.2) is 0 Å². The molecule has 2 N–H and O–H groups in total. The molecule has 19 heavy (non-hydrogen) atoms. The first-order chi connectivity index (χ1) is 9.11. The van der Waals surface area contributed by atoms with Crippen LogP contribution in [0.3, 0.4) is 0 Å². The third kappa shape index (κ3) is 3.94. The smallest absolute Gasteiger partial charge is 0.213 e. The van der Waals surface area contributed by atoms with Gasteiger partial charge < -0.3 is 5.32 Å². The van der Waals surface area contributed by atoms with Crippen molar-refractivity contribution in [3.63, 3.8) is 0 Å². The second-order valence-electron chi connectivity index (χ2n) is 4.31. The van der Waals surface area contributed by atoms with Crippen molar-refractivity contribution in [1.82, 2.24) is 4.72 Å². The summed E-state index contributed by atoms with van der Waals surface area (Å²) < 4.78 is 25.4. The van der Waals surface area contributed by atoms with Crippen molar-refractivity contribution in [1.29, 1.82) is 0 Å². The van der Waals surface area contributed by atoms with E-state index in [4.69, 9.17) is 0 Å². The zero-order chi connectivity index (χ0) is 13.7. The molecule has 0 spiro atoms. The predicted octanol–water partition coefficient (Wildman–Crippen LogP) is 2.19. The largest absolute Gasteiger partial charge is 0.384 e. The number of benzene rings is 2. The van der Waals surface area contributed by atoms with Gasteiger partial charge in [-0.25, -0.2) is 13.1 Å². The Labute approximate surface area is 113 Å². The Hall–Kier alpha value is -1.59. The molecule has 0 fully saturated rings. The summed E-state index contributed by atoms with van der Waals surface area (Å²) in [6.45, 7) is 2.60. The standard InChI is InChI=1S/C14H18N2O2S/c1-2-16-19(17,18)10-9-15-14-8-7-12-5-3-4-6-13(12)11-14/h3-8,11,15-16H,2,9-10H2,1H3. The van der Waals surface area contributed by atoms with Crippen LogP contribution in [-0.2, 0) is 10.0 Å².